The normalized spacial score (nSPS) is 10.4. The predicted molar refractivity (Wildman–Crippen MR) is 38.3 cm³/mol. The molecular weight excluding hydrogens is 128 g/mol. The first-order chi connectivity index (χ1) is 4.88. The molecule has 2 rings (SSSR count). The van der Waals surface area contributed by atoms with Gasteiger partial charge in [-0.25, -0.2) is 0 Å². The molecule has 10 heavy (non-hydrogen) atoms. The van der Waals surface area contributed by atoms with Crippen molar-refractivity contribution in [1.29, 1.82) is 0 Å². The number of fused-ring (bicyclic) bond motifs is 1. The van der Waals surface area contributed by atoms with Gasteiger partial charge in [0, 0.05) is 11.6 Å². The number of nitrogen functional groups attached to an aromatic ring is 1. The van der Waals surface area contributed by atoms with Crippen molar-refractivity contribution in [3.63, 3.8) is 0 Å². The van der Waals surface area contributed by atoms with Crippen molar-refractivity contribution in [3.8, 4) is 0 Å². The van der Waals surface area contributed by atoms with Gasteiger partial charge < -0.3 is 10.7 Å². The molecule has 0 radical (unpaired) electrons. The number of hydrogen-bond acceptors (Lipinski definition) is 3. The van der Waals surface area contributed by atoms with E-state index in [1.807, 2.05) is 12.3 Å². The Labute approximate surface area is 57.1 Å². The molecule has 0 unspecified atom stereocenters. The fraction of sp³-hybridized carbons (Fsp3) is 0. The minimum Gasteiger partial charge on any atom is -0.382 e. The fourth-order valence-corrected chi connectivity index (χ4v) is 0.915. The van der Waals surface area contributed by atoms with Gasteiger partial charge in [-0.05, 0) is 6.07 Å². The highest BCUT2D eigenvalue weighted by Crippen LogP contribution is 2.13. The van der Waals surface area contributed by atoms with Crippen LogP contribution < -0.4 is 5.73 Å². The van der Waals surface area contributed by atoms with E-state index in [0.29, 0.717) is 5.82 Å². The molecule has 0 aliphatic rings. The third-order valence-electron chi connectivity index (χ3n) is 1.41. The van der Waals surface area contributed by atoms with Crippen molar-refractivity contribution >= 4 is 16.7 Å². The fourth-order valence-electron chi connectivity index (χ4n) is 0.915. The summed E-state index contributed by atoms with van der Waals surface area (Å²) in [6, 6.07) is 1.87. The highest BCUT2D eigenvalue weighted by molar-refractivity contribution is 5.87. The maximum atomic E-state index is 5.51. The Kier molecular flexibility index (Phi) is 0.887. The SMILES string of the molecule is Nc1nncc2[nH]ccc12. The van der Waals surface area contributed by atoms with Crippen molar-refractivity contribution in [1.82, 2.24) is 15.2 Å². The van der Waals surface area contributed by atoms with E-state index in [9.17, 15) is 0 Å². The Morgan fingerprint density at radius 3 is 3.20 bits per heavy atom. The highest BCUT2D eigenvalue weighted by Gasteiger charge is 1.97. The average molecular weight is 134 g/mol. The molecule has 3 N–H and O–H groups in total. The first kappa shape index (κ1) is 5.22. The van der Waals surface area contributed by atoms with Gasteiger partial charge in [-0.3, -0.25) is 0 Å². The Bertz CT molecular complexity index is 351. The molecule has 0 aliphatic heterocycles. The van der Waals surface area contributed by atoms with Gasteiger partial charge >= 0.3 is 0 Å². The zero-order valence-electron chi connectivity index (χ0n) is 5.20. The molecule has 2 heterocycles. The van der Waals surface area contributed by atoms with Crippen LogP contribution in [0.2, 0.25) is 0 Å². The van der Waals surface area contributed by atoms with Crippen LogP contribution in [0.4, 0.5) is 5.82 Å². The second-order valence-electron chi connectivity index (χ2n) is 2.03. The Hall–Kier alpha value is -1.58. The van der Waals surface area contributed by atoms with Crippen LogP contribution in [0.25, 0.3) is 10.9 Å². The summed E-state index contributed by atoms with van der Waals surface area (Å²) in [5.41, 5.74) is 6.43. The van der Waals surface area contributed by atoms with Crippen molar-refractivity contribution in [3.05, 3.63) is 18.5 Å². The maximum Gasteiger partial charge on any atom is 0.155 e. The van der Waals surface area contributed by atoms with E-state index in [1.54, 1.807) is 6.20 Å². The summed E-state index contributed by atoms with van der Waals surface area (Å²) in [5.74, 6) is 0.471. The average Bonchev–Trinajstić information content (AvgIpc) is 2.36. The molecule has 4 heteroatoms. The summed E-state index contributed by atoms with van der Waals surface area (Å²) < 4.78 is 0. The maximum absolute atomic E-state index is 5.51. The van der Waals surface area contributed by atoms with Crippen molar-refractivity contribution in [2.24, 2.45) is 0 Å². The molecule has 0 atom stereocenters. The lowest BCUT2D eigenvalue weighted by Crippen LogP contribution is -1.91. The zero-order chi connectivity index (χ0) is 6.97. The largest absolute Gasteiger partial charge is 0.382 e. The molecular formula is C6H6N4. The summed E-state index contributed by atoms with van der Waals surface area (Å²) in [4.78, 5) is 2.98. The molecule has 0 saturated heterocycles. The van der Waals surface area contributed by atoms with Gasteiger partial charge in [-0.15, -0.1) is 5.10 Å². The number of hydrogen-bond donors (Lipinski definition) is 2. The zero-order valence-corrected chi connectivity index (χ0v) is 5.20. The molecule has 0 aliphatic carbocycles. The monoisotopic (exact) mass is 134 g/mol. The van der Waals surface area contributed by atoms with Gasteiger partial charge in [0.05, 0.1) is 11.7 Å². The lowest BCUT2D eigenvalue weighted by atomic mass is 10.3. The Morgan fingerprint density at radius 1 is 1.50 bits per heavy atom. The van der Waals surface area contributed by atoms with Crippen LogP contribution in [-0.4, -0.2) is 15.2 Å². The third kappa shape index (κ3) is 0.556. The summed E-state index contributed by atoms with van der Waals surface area (Å²) in [5, 5.41) is 8.29. The van der Waals surface area contributed by atoms with Crippen LogP contribution in [0.5, 0.6) is 0 Å². The number of aromatic amines is 1. The van der Waals surface area contributed by atoms with E-state index < -0.39 is 0 Å². The van der Waals surface area contributed by atoms with Crippen LogP contribution in [0.1, 0.15) is 0 Å². The third-order valence-corrected chi connectivity index (χ3v) is 1.41. The molecule has 2 aromatic rings. The van der Waals surface area contributed by atoms with Gasteiger partial charge in [0.2, 0.25) is 0 Å². The number of rotatable bonds is 0. The number of anilines is 1. The lowest BCUT2D eigenvalue weighted by molar-refractivity contribution is 1.06. The number of nitrogens with two attached hydrogens (primary N) is 1. The van der Waals surface area contributed by atoms with Gasteiger partial charge in [0.15, 0.2) is 5.82 Å². The molecule has 0 saturated carbocycles. The van der Waals surface area contributed by atoms with Gasteiger partial charge in [-0.1, -0.05) is 0 Å². The molecule has 4 nitrogen and oxygen atoms in total. The Morgan fingerprint density at radius 2 is 2.40 bits per heavy atom. The summed E-state index contributed by atoms with van der Waals surface area (Å²) in [6.07, 6.45) is 3.45. The number of aromatic nitrogens is 3. The van der Waals surface area contributed by atoms with Crippen molar-refractivity contribution < 1.29 is 0 Å². The first-order valence-corrected chi connectivity index (χ1v) is 2.92. The number of nitrogens with one attached hydrogen (secondary N) is 1. The van der Waals surface area contributed by atoms with Crippen LogP contribution in [-0.2, 0) is 0 Å². The van der Waals surface area contributed by atoms with Crippen molar-refractivity contribution in [2.45, 2.75) is 0 Å². The van der Waals surface area contributed by atoms with Crippen LogP contribution in [0.15, 0.2) is 18.5 Å². The van der Waals surface area contributed by atoms with E-state index in [2.05, 4.69) is 15.2 Å². The van der Waals surface area contributed by atoms with E-state index in [4.69, 9.17) is 5.73 Å². The van der Waals surface area contributed by atoms with E-state index in [1.165, 1.54) is 0 Å². The van der Waals surface area contributed by atoms with Crippen molar-refractivity contribution in [2.75, 3.05) is 5.73 Å². The van der Waals surface area contributed by atoms with E-state index in [-0.39, 0.29) is 0 Å². The molecule has 0 fully saturated rings. The van der Waals surface area contributed by atoms with Crippen LogP contribution in [0.3, 0.4) is 0 Å². The van der Waals surface area contributed by atoms with Gasteiger partial charge in [0.1, 0.15) is 0 Å². The Balaban J connectivity index is 2.95. The van der Waals surface area contributed by atoms with Gasteiger partial charge in [0.25, 0.3) is 0 Å². The molecule has 0 amide bonds. The van der Waals surface area contributed by atoms with E-state index >= 15 is 0 Å². The molecule has 0 spiro atoms. The van der Waals surface area contributed by atoms with E-state index in [0.717, 1.165) is 10.9 Å². The summed E-state index contributed by atoms with van der Waals surface area (Å²) in [7, 11) is 0. The second kappa shape index (κ2) is 1.70. The molecule has 50 valence electrons. The highest BCUT2D eigenvalue weighted by atomic mass is 15.1. The van der Waals surface area contributed by atoms with Gasteiger partial charge in [-0.2, -0.15) is 5.10 Å². The van der Waals surface area contributed by atoms with Crippen LogP contribution >= 0.6 is 0 Å². The summed E-state index contributed by atoms with van der Waals surface area (Å²) in [6.45, 7) is 0. The second-order valence-corrected chi connectivity index (χ2v) is 2.03. The predicted octanol–water partition coefficient (Wildman–Crippen LogP) is 0.540. The lowest BCUT2D eigenvalue weighted by Gasteiger charge is -1.89. The quantitative estimate of drug-likeness (QED) is 0.552. The molecule has 0 bridgehead atoms. The van der Waals surface area contributed by atoms with Crippen LogP contribution in [0, 0.1) is 0 Å². The minimum atomic E-state index is 0.471. The minimum absolute atomic E-state index is 0.471. The number of H-pyrrole nitrogens is 1. The smallest absolute Gasteiger partial charge is 0.155 e. The molecule has 2 aromatic heterocycles. The molecule has 0 aromatic carbocycles. The first-order valence-electron chi connectivity index (χ1n) is 2.92. The number of nitrogens with zero attached hydrogens (tertiary/aromatic N) is 2. The summed E-state index contributed by atoms with van der Waals surface area (Å²) >= 11 is 0. The topological polar surface area (TPSA) is 67.6 Å². The standard InChI is InChI=1S/C6H6N4/c7-6-4-1-2-8-5(4)3-9-10-6/h1-3,8H,(H2,7,10).